The number of alkyl halides is 7. The van der Waals surface area contributed by atoms with Gasteiger partial charge in [-0.15, -0.1) is 0 Å². The molecule has 52 heavy (non-hydrogen) atoms. The SMILES string of the molecule is COCCN1Cc2cc(C(F)(C(F)(F)F)C(F)(F)F)ccc2N(Cc2ccc(NC(=O)c3cccc(Cl)c3C(=O)N[C@@H](C)CS(C)=O)c(C)c2)C1=O. The van der Waals surface area contributed by atoms with E-state index in [0.29, 0.717) is 28.9 Å². The van der Waals surface area contributed by atoms with Gasteiger partial charge >= 0.3 is 24.1 Å². The van der Waals surface area contributed by atoms with Crippen molar-refractivity contribution in [3.63, 3.8) is 0 Å². The molecule has 0 saturated heterocycles. The van der Waals surface area contributed by atoms with Crippen molar-refractivity contribution in [2.45, 2.75) is 51.0 Å². The Labute approximate surface area is 301 Å². The molecule has 0 spiro atoms. The van der Waals surface area contributed by atoms with Gasteiger partial charge in [0.2, 0.25) is 0 Å². The summed E-state index contributed by atoms with van der Waals surface area (Å²) in [5.41, 5.74) is -6.36. The number of nitrogens with one attached hydrogen (secondary N) is 2. The van der Waals surface area contributed by atoms with Crippen LogP contribution in [0, 0.1) is 6.92 Å². The summed E-state index contributed by atoms with van der Waals surface area (Å²) in [5, 5.41) is 5.40. The fourth-order valence-electron chi connectivity index (χ4n) is 5.72. The van der Waals surface area contributed by atoms with Crippen LogP contribution < -0.4 is 15.5 Å². The molecule has 4 rings (SSSR count). The Balaban J connectivity index is 1.63. The van der Waals surface area contributed by atoms with Crippen LogP contribution in [-0.4, -0.2) is 77.6 Å². The maximum Gasteiger partial charge on any atom is 0.435 e. The molecule has 3 aromatic rings. The topological polar surface area (TPSA) is 108 Å². The highest BCUT2D eigenvalue weighted by Gasteiger charge is 2.73. The van der Waals surface area contributed by atoms with Crippen LogP contribution in [0.3, 0.4) is 0 Å². The van der Waals surface area contributed by atoms with Crippen LogP contribution in [0.5, 0.6) is 0 Å². The molecule has 282 valence electrons. The van der Waals surface area contributed by atoms with E-state index in [-0.39, 0.29) is 52.8 Å². The first-order valence-corrected chi connectivity index (χ1v) is 17.6. The summed E-state index contributed by atoms with van der Waals surface area (Å²) in [7, 11) is 0.146. The van der Waals surface area contributed by atoms with Crippen LogP contribution in [0.2, 0.25) is 5.02 Å². The largest absolute Gasteiger partial charge is 0.435 e. The molecule has 0 radical (unpaired) electrons. The Morgan fingerprint density at radius 2 is 1.67 bits per heavy atom. The van der Waals surface area contributed by atoms with Gasteiger partial charge in [-0.2, -0.15) is 26.3 Å². The lowest BCUT2D eigenvalue weighted by Crippen LogP contribution is -2.51. The van der Waals surface area contributed by atoms with Crippen molar-refractivity contribution in [3.05, 3.63) is 93.0 Å². The molecular formula is C34H34ClF7N4O5S. The average molecular weight is 779 g/mol. The molecule has 0 aromatic heterocycles. The molecular weight excluding hydrogens is 745 g/mol. The van der Waals surface area contributed by atoms with Gasteiger partial charge in [-0.1, -0.05) is 35.9 Å². The molecule has 0 saturated carbocycles. The number of urea groups is 1. The van der Waals surface area contributed by atoms with Crippen LogP contribution >= 0.6 is 11.6 Å². The summed E-state index contributed by atoms with van der Waals surface area (Å²) in [5.74, 6) is -1.15. The van der Waals surface area contributed by atoms with Crippen molar-refractivity contribution in [2.75, 3.05) is 42.5 Å². The molecule has 9 nitrogen and oxygen atoms in total. The zero-order valence-electron chi connectivity index (χ0n) is 28.2. The van der Waals surface area contributed by atoms with Crippen molar-refractivity contribution < 1.29 is 54.1 Å². The van der Waals surface area contributed by atoms with Gasteiger partial charge in [0.25, 0.3) is 11.8 Å². The first kappa shape index (κ1) is 40.5. The number of benzene rings is 3. The smallest absolute Gasteiger partial charge is 0.383 e. The highest BCUT2D eigenvalue weighted by atomic mass is 35.5. The van der Waals surface area contributed by atoms with Crippen LogP contribution in [-0.2, 0) is 34.3 Å². The van der Waals surface area contributed by atoms with E-state index in [1.807, 2.05) is 0 Å². The first-order valence-electron chi connectivity index (χ1n) is 15.5. The predicted molar refractivity (Wildman–Crippen MR) is 182 cm³/mol. The van der Waals surface area contributed by atoms with Crippen LogP contribution in [0.25, 0.3) is 0 Å². The average Bonchev–Trinajstić information content (AvgIpc) is 3.04. The number of anilines is 2. The molecule has 1 heterocycles. The second kappa shape index (κ2) is 15.8. The summed E-state index contributed by atoms with van der Waals surface area (Å²) in [6.07, 6.45) is -11.1. The molecule has 0 bridgehead atoms. The monoisotopic (exact) mass is 778 g/mol. The van der Waals surface area contributed by atoms with E-state index in [0.717, 1.165) is 15.9 Å². The third-order valence-corrected chi connectivity index (χ3v) is 9.49. The van der Waals surface area contributed by atoms with Gasteiger partial charge in [0.05, 0.1) is 35.0 Å². The molecule has 1 aliphatic rings. The van der Waals surface area contributed by atoms with Crippen molar-refractivity contribution >= 4 is 51.6 Å². The Morgan fingerprint density at radius 1 is 1.00 bits per heavy atom. The zero-order valence-corrected chi connectivity index (χ0v) is 29.7. The van der Waals surface area contributed by atoms with Crippen molar-refractivity contribution in [1.82, 2.24) is 10.2 Å². The third-order valence-electron chi connectivity index (χ3n) is 8.20. The molecule has 3 aromatic carbocycles. The van der Waals surface area contributed by atoms with Gasteiger partial charge in [-0.3, -0.25) is 18.7 Å². The predicted octanol–water partition coefficient (Wildman–Crippen LogP) is 7.28. The second-order valence-electron chi connectivity index (χ2n) is 12.2. The lowest BCUT2D eigenvalue weighted by Gasteiger charge is -2.38. The van der Waals surface area contributed by atoms with E-state index in [2.05, 4.69) is 10.6 Å². The normalized spacial score (nSPS) is 14.9. The highest BCUT2D eigenvalue weighted by Crippen LogP contribution is 2.54. The zero-order chi connectivity index (χ0) is 38.8. The highest BCUT2D eigenvalue weighted by molar-refractivity contribution is 7.84. The van der Waals surface area contributed by atoms with Gasteiger partial charge in [-0.25, -0.2) is 9.18 Å². The fourth-order valence-corrected chi connectivity index (χ4v) is 6.77. The molecule has 2 atom stereocenters. The first-order chi connectivity index (χ1) is 24.2. The van der Waals surface area contributed by atoms with Crippen molar-refractivity contribution in [3.8, 4) is 0 Å². The Kier molecular flexibility index (Phi) is 12.3. The minimum atomic E-state index is -6.31. The Bertz CT molecular complexity index is 1860. The van der Waals surface area contributed by atoms with Crippen LogP contribution in [0.1, 0.15) is 49.9 Å². The summed E-state index contributed by atoms with van der Waals surface area (Å²) >= 11 is 6.30. The van der Waals surface area contributed by atoms with Gasteiger partial charge in [-0.05, 0) is 60.9 Å². The second-order valence-corrected chi connectivity index (χ2v) is 14.0. The number of aryl methyl sites for hydroxylation is 1. The summed E-state index contributed by atoms with van der Waals surface area (Å²) < 4.78 is 113. The standard InChI is InChI=1S/C34H34ClF7N4O5S/c1-19-14-21(8-10-26(19)44-29(47)24-6-5-7-25(35)28(24)30(48)43-20(2)18-52(4)50)16-46-27-11-9-23(32(36,33(37,38)39)34(40,41)42)15-22(27)17-45(31(46)49)12-13-51-3/h5-11,14-15,20H,12-13,16-18H2,1-4H3,(H,43,48)(H,44,47)/t20-,52?/m0/s1. The minimum absolute atomic E-state index is 0.00502. The van der Waals surface area contributed by atoms with Gasteiger partial charge < -0.3 is 20.3 Å². The number of rotatable bonds is 12. The van der Waals surface area contributed by atoms with Crippen molar-refractivity contribution in [1.29, 1.82) is 0 Å². The van der Waals surface area contributed by atoms with Crippen LogP contribution in [0.4, 0.5) is 46.9 Å². The number of ether oxygens (including phenoxy) is 1. The number of carbonyl (C=O) groups excluding carboxylic acids is 3. The van der Waals surface area contributed by atoms with E-state index in [1.165, 1.54) is 43.7 Å². The van der Waals surface area contributed by atoms with E-state index in [9.17, 15) is 49.3 Å². The van der Waals surface area contributed by atoms with Gasteiger partial charge in [0, 0.05) is 60.3 Å². The number of hydrogen-bond donors (Lipinski definition) is 2. The number of hydrogen-bond acceptors (Lipinski definition) is 5. The van der Waals surface area contributed by atoms with E-state index < -0.39 is 64.8 Å². The van der Waals surface area contributed by atoms with Gasteiger partial charge in [0.1, 0.15) is 0 Å². The Hall–Kier alpha value is -4.22. The quantitative estimate of drug-likeness (QED) is 0.188. The van der Waals surface area contributed by atoms with E-state index >= 15 is 0 Å². The minimum Gasteiger partial charge on any atom is -0.383 e. The maximum atomic E-state index is 15.0. The number of carbonyl (C=O) groups is 3. The lowest BCUT2D eigenvalue weighted by molar-refractivity contribution is -0.348. The molecule has 0 aliphatic carbocycles. The van der Waals surface area contributed by atoms with E-state index in [4.69, 9.17) is 16.3 Å². The maximum absolute atomic E-state index is 15.0. The molecule has 4 amide bonds. The number of amides is 4. The fraction of sp³-hybridized carbons (Fsp3) is 0.382. The lowest BCUT2D eigenvalue weighted by atomic mass is 9.91. The molecule has 1 aliphatic heterocycles. The van der Waals surface area contributed by atoms with Gasteiger partial charge in [0.15, 0.2) is 0 Å². The van der Waals surface area contributed by atoms with Crippen molar-refractivity contribution in [2.24, 2.45) is 0 Å². The number of nitrogens with zero attached hydrogens (tertiary/aromatic N) is 2. The third kappa shape index (κ3) is 8.52. The molecule has 1 unspecified atom stereocenters. The summed E-state index contributed by atoms with van der Waals surface area (Å²) in [6, 6.07) is 9.55. The summed E-state index contributed by atoms with van der Waals surface area (Å²) in [4.78, 5) is 42.3. The van der Waals surface area contributed by atoms with E-state index in [1.54, 1.807) is 19.9 Å². The number of halogens is 8. The molecule has 2 N–H and O–H groups in total. The van der Waals surface area contributed by atoms with Crippen LogP contribution in [0.15, 0.2) is 54.6 Å². The molecule has 0 fully saturated rings. The number of fused-ring (bicyclic) bond motifs is 1. The summed E-state index contributed by atoms with van der Waals surface area (Å²) in [6.45, 7) is 2.60. The molecule has 18 heteroatoms. The number of methoxy groups -OCH3 is 1. The Morgan fingerprint density at radius 3 is 2.27 bits per heavy atom.